The number of benzene rings is 1. The van der Waals surface area contributed by atoms with E-state index in [2.05, 4.69) is 10.3 Å². The summed E-state index contributed by atoms with van der Waals surface area (Å²) in [6, 6.07) is 5.51. The first kappa shape index (κ1) is 14.3. The van der Waals surface area contributed by atoms with Crippen molar-refractivity contribution in [2.45, 2.75) is 19.3 Å². The lowest BCUT2D eigenvalue weighted by Gasteiger charge is -2.13. The minimum atomic E-state index is -0.0696. The molecule has 5 heteroatoms. The summed E-state index contributed by atoms with van der Waals surface area (Å²) in [5.74, 6) is -0.0696. The van der Waals surface area contributed by atoms with E-state index in [1.54, 1.807) is 7.11 Å². The number of aryl methyl sites for hydroxylation is 1. The average molecular weight is 305 g/mol. The molecule has 0 aliphatic heterocycles. The van der Waals surface area contributed by atoms with Crippen molar-refractivity contribution in [1.82, 2.24) is 10.3 Å². The van der Waals surface area contributed by atoms with Gasteiger partial charge in [-0.1, -0.05) is 11.6 Å². The number of nitrogens with zero attached hydrogens (tertiary/aromatic N) is 1. The minimum Gasteiger partial charge on any atom is -0.383 e. The van der Waals surface area contributed by atoms with Crippen molar-refractivity contribution < 1.29 is 9.53 Å². The number of hydrogen-bond acceptors (Lipinski definition) is 3. The molecular formula is C16H17ClN2O2. The second kappa shape index (κ2) is 6.00. The fraction of sp³-hybridized carbons (Fsp3) is 0.375. The van der Waals surface area contributed by atoms with Crippen molar-refractivity contribution in [1.29, 1.82) is 0 Å². The number of aromatic nitrogens is 1. The first-order valence-corrected chi connectivity index (χ1v) is 7.46. The van der Waals surface area contributed by atoms with Crippen LogP contribution in [0, 0.1) is 0 Å². The van der Waals surface area contributed by atoms with Crippen LogP contribution in [-0.4, -0.2) is 31.2 Å². The van der Waals surface area contributed by atoms with Gasteiger partial charge in [0.1, 0.15) is 0 Å². The average Bonchev–Trinajstić information content (AvgIpc) is 2.92. The fourth-order valence-corrected chi connectivity index (χ4v) is 3.02. The van der Waals surface area contributed by atoms with Gasteiger partial charge in [-0.3, -0.25) is 9.78 Å². The van der Waals surface area contributed by atoms with Gasteiger partial charge in [0, 0.05) is 29.8 Å². The van der Waals surface area contributed by atoms with Gasteiger partial charge in [-0.15, -0.1) is 0 Å². The molecule has 1 aromatic carbocycles. The molecule has 1 aliphatic rings. The number of pyridine rings is 1. The van der Waals surface area contributed by atoms with Crippen molar-refractivity contribution >= 4 is 28.4 Å². The predicted molar refractivity (Wildman–Crippen MR) is 83.0 cm³/mol. The molecule has 0 fully saturated rings. The maximum absolute atomic E-state index is 12.6. The summed E-state index contributed by atoms with van der Waals surface area (Å²) < 4.78 is 4.98. The fourth-order valence-electron chi connectivity index (χ4n) is 2.85. The lowest BCUT2D eigenvalue weighted by Crippen LogP contribution is -2.28. The molecule has 3 rings (SSSR count). The predicted octanol–water partition coefficient (Wildman–Crippen LogP) is 2.75. The van der Waals surface area contributed by atoms with Crippen LogP contribution in [0.2, 0.25) is 5.02 Å². The first-order valence-electron chi connectivity index (χ1n) is 7.09. The number of methoxy groups -OCH3 is 1. The highest BCUT2D eigenvalue weighted by atomic mass is 35.5. The number of hydrogen-bond donors (Lipinski definition) is 1. The Hall–Kier alpha value is -1.65. The number of fused-ring (bicyclic) bond motifs is 2. The third-order valence-electron chi connectivity index (χ3n) is 3.79. The normalized spacial score (nSPS) is 13.4. The van der Waals surface area contributed by atoms with Crippen molar-refractivity contribution in [3.05, 3.63) is 40.0 Å². The molecule has 0 saturated heterocycles. The summed E-state index contributed by atoms with van der Waals surface area (Å²) in [5, 5.41) is 4.36. The van der Waals surface area contributed by atoms with Gasteiger partial charge in [0.2, 0.25) is 0 Å². The Balaban J connectivity index is 2.09. The summed E-state index contributed by atoms with van der Waals surface area (Å²) in [7, 11) is 1.62. The van der Waals surface area contributed by atoms with Crippen molar-refractivity contribution in [2.24, 2.45) is 0 Å². The van der Waals surface area contributed by atoms with Crippen LogP contribution in [0.5, 0.6) is 0 Å². The summed E-state index contributed by atoms with van der Waals surface area (Å²) in [6.45, 7) is 0.992. The second-order valence-electron chi connectivity index (χ2n) is 5.18. The van der Waals surface area contributed by atoms with Gasteiger partial charge in [0.15, 0.2) is 0 Å². The van der Waals surface area contributed by atoms with E-state index in [0.29, 0.717) is 18.2 Å². The highest BCUT2D eigenvalue weighted by Gasteiger charge is 2.23. The van der Waals surface area contributed by atoms with E-state index in [0.717, 1.165) is 47.0 Å². The van der Waals surface area contributed by atoms with Crippen LogP contribution in [-0.2, 0) is 17.6 Å². The van der Waals surface area contributed by atoms with E-state index in [-0.39, 0.29) is 5.91 Å². The van der Waals surface area contributed by atoms with Crippen LogP contribution >= 0.6 is 11.6 Å². The van der Waals surface area contributed by atoms with Gasteiger partial charge in [0.05, 0.1) is 17.7 Å². The van der Waals surface area contributed by atoms with Crippen LogP contribution < -0.4 is 5.32 Å². The zero-order valence-electron chi connectivity index (χ0n) is 11.9. The molecular weight excluding hydrogens is 288 g/mol. The van der Waals surface area contributed by atoms with Gasteiger partial charge in [-0.25, -0.2) is 0 Å². The Bertz CT molecular complexity index is 700. The van der Waals surface area contributed by atoms with Crippen LogP contribution in [0.4, 0.5) is 0 Å². The van der Waals surface area contributed by atoms with Crippen LogP contribution in [0.25, 0.3) is 10.9 Å². The molecule has 1 amide bonds. The molecule has 110 valence electrons. The van der Waals surface area contributed by atoms with Crippen molar-refractivity contribution in [3.63, 3.8) is 0 Å². The van der Waals surface area contributed by atoms with E-state index in [9.17, 15) is 4.79 Å². The summed E-state index contributed by atoms with van der Waals surface area (Å²) in [4.78, 5) is 17.2. The third kappa shape index (κ3) is 2.74. The highest BCUT2D eigenvalue weighted by molar-refractivity contribution is 6.31. The van der Waals surface area contributed by atoms with E-state index in [4.69, 9.17) is 16.3 Å². The molecule has 0 radical (unpaired) electrons. The lowest BCUT2D eigenvalue weighted by molar-refractivity contribution is 0.0938. The van der Waals surface area contributed by atoms with Gasteiger partial charge in [-0.05, 0) is 43.0 Å². The molecule has 4 nitrogen and oxygen atoms in total. The second-order valence-corrected chi connectivity index (χ2v) is 5.61. The number of amides is 1. The largest absolute Gasteiger partial charge is 0.383 e. The first-order chi connectivity index (χ1) is 10.2. The smallest absolute Gasteiger partial charge is 0.252 e. The topological polar surface area (TPSA) is 51.2 Å². The van der Waals surface area contributed by atoms with Gasteiger partial charge in [-0.2, -0.15) is 0 Å². The summed E-state index contributed by atoms with van der Waals surface area (Å²) >= 11 is 6.09. The molecule has 21 heavy (non-hydrogen) atoms. The third-order valence-corrected chi connectivity index (χ3v) is 4.03. The summed E-state index contributed by atoms with van der Waals surface area (Å²) in [6.07, 6.45) is 2.88. The number of carbonyl (C=O) groups excluding carboxylic acids is 1. The van der Waals surface area contributed by atoms with E-state index >= 15 is 0 Å². The molecule has 1 N–H and O–H groups in total. The summed E-state index contributed by atoms with van der Waals surface area (Å²) in [5.41, 5.74) is 3.67. The molecule has 0 bridgehead atoms. The zero-order valence-corrected chi connectivity index (χ0v) is 12.7. The maximum Gasteiger partial charge on any atom is 0.252 e. The molecule has 0 spiro atoms. The number of ether oxygens (including phenoxy) is 1. The van der Waals surface area contributed by atoms with Crippen LogP contribution in [0.15, 0.2) is 18.2 Å². The zero-order chi connectivity index (χ0) is 14.8. The molecule has 1 aliphatic carbocycles. The van der Waals surface area contributed by atoms with Gasteiger partial charge >= 0.3 is 0 Å². The highest BCUT2D eigenvalue weighted by Crippen LogP contribution is 2.31. The Morgan fingerprint density at radius 2 is 2.29 bits per heavy atom. The minimum absolute atomic E-state index is 0.0696. The van der Waals surface area contributed by atoms with E-state index < -0.39 is 0 Å². The molecule has 0 unspecified atom stereocenters. The van der Waals surface area contributed by atoms with Gasteiger partial charge < -0.3 is 10.1 Å². The Kier molecular flexibility index (Phi) is 4.08. The Morgan fingerprint density at radius 1 is 1.43 bits per heavy atom. The monoisotopic (exact) mass is 304 g/mol. The Morgan fingerprint density at radius 3 is 3.10 bits per heavy atom. The molecule has 2 aromatic rings. The van der Waals surface area contributed by atoms with Crippen molar-refractivity contribution in [3.8, 4) is 0 Å². The molecule has 0 atom stereocenters. The maximum atomic E-state index is 12.6. The van der Waals surface area contributed by atoms with Crippen LogP contribution in [0.1, 0.15) is 28.0 Å². The number of halogens is 1. The van der Waals surface area contributed by atoms with E-state index in [1.165, 1.54) is 0 Å². The SMILES string of the molecule is COCCNC(=O)c1c2c(nc3ccc(Cl)cc13)CCC2. The number of nitrogens with one attached hydrogen (secondary N) is 1. The quantitative estimate of drug-likeness (QED) is 0.884. The van der Waals surface area contributed by atoms with E-state index in [1.807, 2.05) is 18.2 Å². The van der Waals surface area contributed by atoms with Gasteiger partial charge in [0.25, 0.3) is 5.91 Å². The lowest BCUT2D eigenvalue weighted by atomic mass is 10.0. The standard InChI is InChI=1S/C16H17ClN2O2/c1-21-8-7-18-16(20)15-11-3-2-4-13(11)19-14-6-5-10(17)9-12(14)15/h5-6,9H,2-4,7-8H2,1H3,(H,18,20). The number of rotatable bonds is 4. The molecule has 1 aromatic heterocycles. The Labute approximate surface area is 128 Å². The van der Waals surface area contributed by atoms with Crippen molar-refractivity contribution in [2.75, 3.05) is 20.3 Å². The molecule has 0 saturated carbocycles. The van der Waals surface area contributed by atoms with Crippen LogP contribution in [0.3, 0.4) is 0 Å². The number of carbonyl (C=O) groups is 1. The molecule has 1 heterocycles.